The molecule has 8 nitrogen and oxygen atoms in total. The molecule has 3 aromatic rings. The highest BCUT2D eigenvalue weighted by molar-refractivity contribution is 8.15. The number of benzene rings is 2. The number of nitrogens with zero attached hydrogens (tertiary/aromatic N) is 3. The minimum atomic E-state index is -3.41. The Hall–Kier alpha value is -3.37. The molecule has 2 aliphatic rings. The van der Waals surface area contributed by atoms with Crippen molar-refractivity contribution in [1.82, 2.24) is 4.98 Å². The highest BCUT2D eigenvalue weighted by atomic mass is 32.2. The summed E-state index contributed by atoms with van der Waals surface area (Å²) in [5.41, 5.74) is 1.98. The maximum Gasteiger partial charge on any atom is 0.257 e. The van der Waals surface area contributed by atoms with Crippen molar-refractivity contribution in [2.75, 3.05) is 22.5 Å². The third-order valence-corrected chi connectivity index (χ3v) is 7.04. The van der Waals surface area contributed by atoms with E-state index >= 15 is 0 Å². The van der Waals surface area contributed by atoms with Gasteiger partial charge < -0.3 is 15.0 Å². The van der Waals surface area contributed by atoms with E-state index in [0.717, 1.165) is 10.6 Å². The second kappa shape index (κ2) is 7.71. The summed E-state index contributed by atoms with van der Waals surface area (Å²) in [6, 6.07) is 15.9. The molecule has 2 aromatic carbocycles. The fourth-order valence-corrected chi connectivity index (χ4v) is 5.52. The van der Waals surface area contributed by atoms with Gasteiger partial charge in [0.1, 0.15) is 11.5 Å². The van der Waals surface area contributed by atoms with Crippen LogP contribution >= 0.6 is 11.8 Å². The highest BCUT2D eigenvalue weighted by Gasteiger charge is 2.33. The Labute approximate surface area is 183 Å². The van der Waals surface area contributed by atoms with Crippen molar-refractivity contribution >= 4 is 44.2 Å². The molecular weight excluding hydrogens is 436 g/mol. The van der Waals surface area contributed by atoms with E-state index in [0.29, 0.717) is 34.5 Å². The maximum absolute atomic E-state index is 12.7. The highest BCUT2D eigenvalue weighted by Crippen LogP contribution is 2.42. The number of carbonyl (C=O) groups is 1. The Bertz CT molecular complexity index is 1290. The van der Waals surface area contributed by atoms with Crippen LogP contribution in [0.1, 0.15) is 10.4 Å². The number of ether oxygens (including phenoxy) is 1. The van der Waals surface area contributed by atoms with Gasteiger partial charge in [-0.1, -0.05) is 0 Å². The topological polar surface area (TPSA) is 101 Å². The average molecular weight is 453 g/mol. The molecule has 1 N–H and O–H groups in total. The lowest BCUT2D eigenvalue weighted by Gasteiger charge is -2.22. The van der Waals surface area contributed by atoms with Gasteiger partial charge in [-0.05, 0) is 66.4 Å². The number of carbonyl (C=O) groups excluding carboxylic acids is 1. The van der Waals surface area contributed by atoms with Gasteiger partial charge in [0.2, 0.25) is 0 Å². The predicted molar refractivity (Wildman–Crippen MR) is 120 cm³/mol. The molecule has 0 saturated carbocycles. The smallest absolute Gasteiger partial charge is 0.257 e. The van der Waals surface area contributed by atoms with Crippen LogP contribution in [0.5, 0.6) is 11.5 Å². The monoisotopic (exact) mass is 452 g/mol. The van der Waals surface area contributed by atoms with Gasteiger partial charge >= 0.3 is 0 Å². The number of hydrogen-bond acceptors (Lipinski definition) is 7. The van der Waals surface area contributed by atoms with Crippen LogP contribution in [0.15, 0.2) is 76.3 Å². The standard InChI is InChI=1S/C21H16N4O4S2/c26-20(23-15-2-4-16(5-3-15)29-17-7-9-22-10-8-17)14-1-6-18-19(13-14)30-21-24-31(27,28)12-11-25(18)21/h1-10,13H,11-12H2,(H,23,26). The molecule has 0 saturated heterocycles. The molecule has 5 rings (SSSR count). The zero-order valence-corrected chi connectivity index (χ0v) is 17.7. The summed E-state index contributed by atoms with van der Waals surface area (Å²) >= 11 is 1.26. The normalized spacial score (nSPS) is 16.1. The maximum atomic E-state index is 12.7. The summed E-state index contributed by atoms with van der Waals surface area (Å²) in [5, 5.41) is 3.30. The molecule has 0 fully saturated rings. The summed E-state index contributed by atoms with van der Waals surface area (Å²) in [6.07, 6.45) is 3.30. The Morgan fingerprint density at radius 1 is 1.03 bits per heavy atom. The van der Waals surface area contributed by atoms with Crippen molar-refractivity contribution in [1.29, 1.82) is 0 Å². The van der Waals surface area contributed by atoms with Crippen molar-refractivity contribution in [3.63, 3.8) is 0 Å². The van der Waals surface area contributed by atoms with Crippen molar-refractivity contribution in [3.05, 3.63) is 72.6 Å². The zero-order chi connectivity index (χ0) is 21.4. The zero-order valence-electron chi connectivity index (χ0n) is 16.1. The lowest BCUT2D eigenvalue weighted by atomic mass is 10.1. The first kappa shape index (κ1) is 19.6. The van der Waals surface area contributed by atoms with Crippen LogP contribution < -0.4 is 15.0 Å². The van der Waals surface area contributed by atoms with Gasteiger partial charge in [-0.2, -0.15) is 0 Å². The van der Waals surface area contributed by atoms with E-state index in [9.17, 15) is 13.2 Å². The number of nitrogens with one attached hydrogen (secondary N) is 1. The fourth-order valence-electron chi connectivity index (χ4n) is 3.22. The molecule has 0 spiro atoms. The molecule has 0 radical (unpaired) electrons. The Morgan fingerprint density at radius 2 is 1.77 bits per heavy atom. The summed E-state index contributed by atoms with van der Waals surface area (Å²) in [7, 11) is -3.41. The molecule has 0 unspecified atom stereocenters. The SMILES string of the molecule is O=C(Nc1ccc(Oc2ccncc2)cc1)c1ccc2c(c1)SC1=NS(=O)(=O)CCN12. The van der Waals surface area contributed by atoms with Gasteiger partial charge in [-0.25, -0.2) is 8.42 Å². The first-order chi connectivity index (χ1) is 15.0. The van der Waals surface area contributed by atoms with Crippen molar-refractivity contribution in [2.45, 2.75) is 4.90 Å². The minimum Gasteiger partial charge on any atom is -0.457 e. The van der Waals surface area contributed by atoms with Crippen LogP contribution in [0.4, 0.5) is 11.4 Å². The number of amidine groups is 1. The van der Waals surface area contributed by atoms with E-state index in [1.54, 1.807) is 60.9 Å². The van der Waals surface area contributed by atoms with E-state index in [1.165, 1.54) is 11.8 Å². The van der Waals surface area contributed by atoms with Crippen molar-refractivity contribution in [3.8, 4) is 11.5 Å². The number of rotatable bonds is 4. The van der Waals surface area contributed by atoms with E-state index in [1.807, 2.05) is 11.0 Å². The molecule has 31 heavy (non-hydrogen) atoms. The minimum absolute atomic E-state index is 0.0143. The quantitative estimate of drug-likeness (QED) is 0.643. The lowest BCUT2D eigenvalue weighted by Crippen LogP contribution is -2.35. The van der Waals surface area contributed by atoms with E-state index < -0.39 is 10.0 Å². The molecular formula is C21H16N4O4S2. The van der Waals surface area contributed by atoms with Crippen LogP contribution in [-0.4, -0.2) is 36.8 Å². The third kappa shape index (κ3) is 4.12. The molecule has 1 aromatic heterocycles. The lowest BCUT2D eigenvalue weighted by molar-refractivity contribution is 0.102. The molecule has 0 aliphatic carbocycles. The van der Waals surface area contributed by atoms with Crippen LogP contribution in [0, 0.1) is 0 Å². The summed E-state index contributed by atoms with van der Waals surface area (Å²) in [4.78, 5) is 19.3. The number of pyridine rings is 1. The Kier molecular flexibility index (Phi) is 4.87. The van der Waals surface area contributed by atoms with Crippen molar-refractivity contribution in [2.24, 2.45) is 4.40 Å². The van der Waals surface area contributed by atoms with Gasteiger partial charge in [-0.3, -0.25) is 9.78 Å². The van der Waals surface area contributed by atoms with Crippen molar-refractivity contribution < 1.29 is 17.9 Å². The number of sulfonamides is 1. The van der Waals surface area contributed by atoms with Gasteiger partial charge in [-0.15, -0.1) is 4.40 Å². The first-order valence-electron chi connectivity index (χ1n) is 9.38. The Morgan fingerprint density at radius 3 is 2.55 bits per heavy atom. The van der Waals surface area contributed by atoms with E-state index in [2.05, 4.69) is 14.7 Å². The van der Waals surface area contributed by atoms with E-state index in [4.69, 9.17) is 4.74 Å². The van der Waals surface area contributed by atoms with Crippen LogP contribution in [0.25, 0.3) is 0 Å². The molecule has 0 bridgehead atoms. The largest absolute Gasteiger partial charge is 0.457 e. The van der Waals surface area contributed by atoms with Gasteiger partial charge in [0.25, 0.3) is 15.9 Å². The van der Waals surface area contributed by atoms with Crippen LogP contribution in [-0.2, 0) is 10.0 Å². The van der Waals surface area contributed by atoms with E-state index in [-0.39, 0.29) is 11.7 Å². The summed E-state index contributed by atoms with van der Waals surface area (Å²) in [5.74, 6) is 1.05. The van der Waals surface area contributed by atoms with Gasteiger partial charge in [0.05, 0.1) is 11.4 Å². The second-order valence-electron chi connectivity index (χ2n) is 6.86. The predicted octanol–water partition coefficient (Wildman–Crippen LogP) is 3.74. The fraction of sp³-hybridized carbons (Fsp3) is 0.0952. The molecule has 3 heterocycles. The number of hydrogen-bond donors (Lipinski definition) is 1. The Balaban J connectivity index is 1.29. The average Bonchev–Trinajstić information content (AvgIpc) is 3.11. The molecule has 2 aliphatic heterocycles. The molecule has 10 heteroatoms. The molecule has 156 valence electrons. The summed E-state index contributed by atoms with van der Waals surface area (Å²) in [6.45, 7) is 0.362. The number of anilines is 2. The second-order valence-corrected chi connectivity index (χ2v) is 9.62. The number of fused-ring (bicyclic) bond motifs is 3. The van der Waals surface area contributed by atoms with Crippen LogP contribution in [0.2, 0.25) is 0 Å². The number of thioether (sulfide) groups is 1. The number of amides is 1. The van der Waals surface area contributed by atoms with Crippen LogP contribution in [0.3, 0.4) is 0 Å². The third-order valence-electron chi connectivity index (χ3n) is 4.73. The van der Waals surface area contributed by atoms with Gasteiger partial charge in [0.15, 0.2) is 5.17 Å². The van der Waals surface area contributed by atoms with Gasteiger partial charge in [0, 0.05) is 35.1 Å². The molecule has 1 amide bonds. The number of aromatic nitrogens is 1. The first-order valence-corrected chi connectivity index (χ1v) is 11.8. The molecule has 0 atom stereocenters. The summed E-state index contributed by atoms with van der Waals surface area (Å²) < 4.78 is 33.0.